The van der Waals surface area contributed by atoms with Gasteiger partial charge < -0.3 is 19.5 Å². The topological polar surface area (TPSA) is 67.4 Å². The molecule has 5 heteroatoms. The molecular weight excluding hydrogens is 304 g/mol. The molecule has 1 aromatic carbocycles. The molecule has 4 rings (SSSR count). The number of hydrogen-bond acceptors (Lipinski definition) is 4. The third kappa shape index (κ3) is 3.08. The standard InChI is InChI=1S/C19H20N2O3/c22-19(21-11-13-3-6-20-7-4-13)18-10-15-2-1-14(9-17(15)24-18)16-5-8-23-12-16/h1-2,5,8-10,12-13,20H,3-4,6-7,11H2,(H,21,22). The summed E-state index contributed by atoms with van der Waals surface area (Å²) in [6.07, 6.45) is 5.54. The highest BCUT2D eigenvalue weighted by Gasteiger charge is 2.17. The van der Waals surface area contributed by atoms with E-state index in [4.69, 9.17) is 8.83 Å². The molecule has 0 saturated carbocycles. The number of piperidine rings is 1. The Labute approximate surface area is 140 Å². The molecule has 3 aromatic rings. The molecule has 1 saturated heterocycles. The van der Waals surface area contributed by atoms with E-state index in [2.05, 4.69) is 10.6 Å². The SMILES string of the molecule is O=C(NCC1CCNCC1)c1cc2ccc(-c3ccoc3)cc2o1. The number of carbonyl (C=O) groups excluding carboxylic acids is 1. The van der Waals surface area contributed by atoms with Crippen LogP contribution in [-0.4, -0.2) is 25.5 Å². The predicted molar refractivity (Wildman–Crippen MR) is 91.8 cm³/mol. The van der Waals surface area contributed by atoms with Crippen LogP contribution >= 0.6 is 0 Å². The Hall–Kier alpha value is -2.53. The lowest BCUT2D eigenvalue weighted by Gasteiger charge is -2.22. The van der Waals surface area contributed by atoms with Crippen LogP contribution < -0.4 is 10.6 Å². The van der Waals surface area contributed by atoms with Crippen molar-refractivity contribution >= 4 is 16.9 Å². The zero-order valence-corrected chi connectivity index (χ0v) is 13.4. The molecule has 24 heavy (non-hydrogen) atoms. The maximum atomic E-state index is 12.3. The predicted octanol–water partition coefficient (Wildman–Crippen LogP) is 3.42. The van der Waals surface area contributed by atoms with E-state index in [1.807, 2.05) is 24.3 Å². The van der Waals surface area contributed by atoms with Crippen LogP contribution in [-0.2, 0) is 0 Å². The second-order valence-corrected chi connectivity index (χ2v) is 6.28. The van der Waals surface area contributed by atoms with Crippen molar-refractivity contribution in [1.82, 2.24) is 10.6 Å². The monoisotopic (exact) mass is 324 g/mol. The van der Waals surface area contributed by atoms with Gasteiger partial charge in [0.15, 0.2) is 5.76 Å². The molecule has 0 spiro atoms. The Morgan fingerprint density at radius 1 is 1.17 bits per heavy atom. The van der Waals surface area contributed by atoms with Crippen molar-refractivity contribution in [1.29, 1.82) is 0 Å². The first-order chi connectivity index (χ1) is 11.8. The van der Waals surface area contributed by atoms with Crippen LogP contribution in [0.25, 0.3) is 22.1 Å². The van der Waals surface area contributed by atoms with Gasteiger partial charge in [-0.2, -0.15) is 0 Å². The van der Waals surface area contributed by atoms with E-state index in [0.717, 1.165) is 42.4 Å². The van der Waals surface area contributed by atoms with Gasteiger partial charge in [0.05, 0.1) is 12.5 Å². The summed E-state index contributed by atoms with van der Waals surface area (Å²) >= 11 is 0. The number of benzene rings is 1. The van der Waals surface area contributed by atoms with Gasteiger partial charge in [-0.1, -0.05) is 12.1 Å². The van der Waals surface area contributed by atoms with E-state index < -0.39 is 0 Å². The molecule has 5 nitrogen and oxygen atoms in total. The molecule has 2 N–H and O–H groups in total. The van der Waals surface area contributed by atoms with Crippen molar-refractivity contribution in [3.05, 3.63) is 48.6 Å². The van der Waals surface area contributed by atoms with E-state index in [-0.39, 0.29) is 5.91 Å². The van der Waals surface area contributed by atoms with Crippen molar-refractivity contribution in [2.45, 2.75) is 12.8 Å². The summed E-state index contributed by atoms with van der Waals surface area (Å²) in [5, 5.41) is 7.25. The van der Waals surface area contributed by atoms with Gasteiger partial charge in [0.2, 0.25) is 0 Å². The average Bonchev–Trinajstić information content (AvgIpc) is 3.29. The Bertz CT molecular complexity index is 830. The molecule has 1 aliphatic heterocycles. The van der Waals surface area contributed by atoms with Crippen LogP contribution in [0.2, 0.25) is 0 Å². The van der Waals surface area contributed by atoms with Crippen molar-refractivity contribution in [2.24, 2.45) is 5.92 Å². The van der Waals surface area contributed by atoms with E-state index >= 15 is 0 Å². The lowest BCUT2D eigenvalue weighted by atomic mass is 9.98. The second kappa shape index (κ2) is 6.53. The normalized spacial score (nSPS) is 15.7. The van der Waals surface area contributed by atoms with Crippen LogP contribution in [0.15, 0.2) is 51.7 Å². The number of carbonyl (C=O) groups is 1. The summed E-state index contributed by atoms with van der Waals surface area (Å²) in [4.78, 5) is 12.3. The number of rotatable bonds is 4. The van der Waals surface area contributed by atoms with Gasteiger partial charge in [-0.3, -0.25) is 4.79 Å². The molecule has 0 unspecified atom stereocenters. The highest BCUT2D eigenvalue weighted by Crippen LogP contribution is 2.27. The van der Waals surface area contributed by atoms with E-state index in [9.17, 15) is 4.79 Å². The summed E-state index contributed by atoms with van der Waals surface area (Å²) in [5.74, 6) is 0.769. The minimum atomic E-state index is -0.144. The Kier molecular flexibility index (Phi) is 4.09. The van der Waals surface area contributed by atoms with Crippen LogP contribution in [0, 0.1) is 5.92 Å². The highest BCUT2D eigenvalue weighted by molar-refractivity contribution is 5.96. The molecule has 0 bridgehead atoms. The average molecular weight is 324 g/mol. The number of furan rings is 2. The third-order valence-corrected chi connectivity index (χ3v) is 4.61. The summed E-state index contributed by atoms with van der Waals surface area (Å²) in [5.41, 5.74) is 2.71. The second-order valence-electron chi connectivity index (χ2n) is 6.28. The smallest absolute Gasteiger partial charge is 0.287 e. The minimum absolute atomic E-state index is 0.144. The molecular formula is C19H20N2O3. The highest BCUT2D eigenvalue weighted by atomic mass is 16.3. The molecule has 3 heterocycles. The fraction of sp³-hybridized carbons (Fsp3) is 0.316. The fourth-order valence-electron chi connectivity index (χ4n) is 3.16. The Morgan fingerprint density at radius 3 is 2.83 bits per heavy atom. The summed E-state index contributed by atoms with van der Waals surface area (Å²) in [7, 11) is 0. The maximum absolute atomic E-state index is 12.3. The van der Waals surface area contributed by atoms with Gasteiger partial charge in [-0.15, -0.1) is 0 Å². The lowest BCUT2D eigenvalue weighted by molar-refractivity contribution is 0.0918. The van der Waals surface area contributed by atoms with Crippen LogP contribution in [0.1, 0.15) is 23.4 Å². The first-order valence-corrected chi connectivity index (χ1v) is 8.35. The van der Waals surface area contributed by atoms with Crippen molar-refractivity contribution < 1.29 is 13.6 Å². The van der Waals surface area contributed by atoms with Gasteiger partial charge in [0, 0.05) is 17.5 Å². The first kappa shape index (κ1) is 15.0. The molecule has 1 fully saturated rings. The van der Waals surface area contributed by atoms with Gasteiger partial charge >= 0.3 is 0 Å². The van der Waals surface area contributed by atoms with Crippen LogP contribution in [0.5, 0.6) is 0 Å². The van der Waals surface area contributed by atoms with Gasteiger partial charge in [-0.25, -0.2) is 0 Å². The number of hydrogen-bond donors (Lipinski definition) is 2. The maximum Gasteiger partial charge on any atom is 0.287 e. The number of fused-ring (bicyclic) bond motifs is 1. The van der Waals surface area contributed by atoms with Crippen molar-refractivity contribution in [3.63, 3.8) is 0 Å². The van der Waals surface area contributed by atoms with E-state index in [1.54, 1.807) is 18.6 Å². The largest absolute Gasteiger partial charge is 0.472 e. The molecule has 1 amide bonds. The fourth-order valence-corrected chi connectivity index (χ4v) is 3.16. The quantitative estimate of drug-likeness (QED) is 0.771. The minimum Gasteiger partial charge on any atom is -0.472 e. The van der Waals surface area contributed by atoms with Gasteiger partial charge in [0.25, 0.3) is 5.91 Å². The molecule has 0 atom stereocenters. The molecule has 124 valence electrons. The number of nitrogens with one attached hydrogen (secondary N) is 2. The van der Waals surface area contributed by atoms with Gasteiger partial charge in [0.1, 0.15) is 5.58 Å². The third-order valence-electron chi connectivity index (χ3n) is 4.61. The number of amides is 1. The van der Waals surface area contributed by atoms with Crippen molar-refractivity contribution in [3.8, 4) is 11.1 Å². The zero-order valence-electron chi connectivity index (χ0n) is 13.4. The molecule has 0 radical (unpaired) electrons. The van der Waals surface area contributed by atoms with E-state index in [0.29, 0.717) is 23.8 Å². The molecule has 0 aliphatic carbocycles. The molecule has 2 aromatic heterocycles. The van der Waals surface area contributed by atoms with Crippen molar-refractivity contribution in [2.75, 3.05) is 19.6 Å². The van der Waals surface area contributed by atoms with Crippen LogP contribution in [0.3, 0.4) is 0 Å². The lowest BCUT2D eigenvalue weighted by Crippen LogP contribution is -2.35. The Morgan fingerprint density at radius 2 is 2.04 bits per heavy atom. The van der Waals surface area contributed by atoms with Crippen LogP contribution in [0.4, 0.5) is 0 Å². The Balaban J connectivity index is 1.48. The molecule has 1 aliphatic rings. The first-order valence-electron chi connectivity index (χ1n) is 8.35. The summed E-state index contributed by atoms with van der Waals surface area (Å²) in [6.45, 7) is 2.77. The van der Waals surface area contributed by atoms with Gasteiger partial charge in [-0.05, 0) is 55.6 Å². The summed E-state index contributed by atoms with van der Waals surface area (Å²) in [6, 6.07) is 9.59. The van der Waals surface area contributed by atoms with E-state index in [1.165, 1.54) is 0 Å². The summed E-state index contributed by atoms with van der Waals surface area (Å²) < 4.78 is 10.9. The zero-order chi connectivity index (χ0) is 16.4.